The van der Waals surface area contributed by atoms with Crippen LogP contribution in [0.15, 0.2) is 47.4 Å². The Hall–Kier alpha value is -3.20. The molecule has 0 unspecified atom stereocenters. The summed E-state index contributed by atoms with van der Waals surface area (Å²) < 4.78 is 10.7. The molecule has 2 N–H and O–H groups in total. The van der Waals surface area contributed by atoms with Crippen molar-refractivity contribution in [2.24, 2.45) is 5.92 Å². The summed E-state index contributed by atoms with van der Waals surface area (Å²) in [7, 11) is 0. The second-order valence-corrected chi connectivity index (χ2v) is 9.16. The zero-order valence-corrected chi connectivity index (χ0v) is 18.2. The Kier molecular flexibility index (Phi) is 5.65. The quantitative estimate of drug-likeness (QED) is 0.690. The molecule has 0 aromatic heterocycles. The van der Waals surface area contributed by atoms with Gasteiger partial charge in [-0.25, -0.2) is 0 Å². The maximum absolute atomic E-state index is 13.1. The van der Waals surface area contributed by atoms with E-state index in [0.29, 0.717) is 37.6 Å². The lowest BCUT2D eigenvalue weighted by atomic mass is 9.96. The van der Waals surface area contributed by atoms with Crippen LogP contribution in [-0.4, -0.2) is 47.8 Å². The van der Waals surface area contributed by atoms with Gasteiger partial charge in [0.2, 0.25) is 24.5 Å². The standard InChI is InChI=1S/C23H23N3O5S/c27-21(24-11-14-7-8-17-18(10-14)31-13-30-17)15-4-3-9-26(12-15)23(29)20-22(28)25-16-5-1-2-6-19(16)32-20/h1-2,5-8,10,15,20H,3-4,9,11-13H2,(H,24,27)(H,25,28)/t15-,20+/m1/s1. The Morgan fingerprint density at radius 2 is 2.00 bits per heavy atom. The van der Waals surface area contributed by atoms with E-state index in [1.54, 1.807) is 4.90 Å². The molecule has 3 heterocycles. The lowest BCUT2D eigenvalue weighted by Gasteiger charge is -2.35. The van der Waals surface area contributed by atoms with Crippen molar-refractivity contribution in [1.29, 1.82) is 0 Å². The third-order valence-corrected chi connectivity index (χ3v) is 7.12. The second kappa shape index (κ2) is 8.74. The summed E-state index contributed by atoms with van der Waals surface area (Å²) in [5, 5.41) is 4.94. The summed E-state index contributed by atoms with van der Waals surface area (Å²) in [6.07, 6.45) is 1.44. The molecule has 0 aliphatic carbocycles. The minimum absolute atomic E-state index is 0.0914. The first kappa shape index (κ1) is 20.7. The van der Waals surface area contributed by atoms with Gasteiger partial charge in [-0.05, 0) is 42.7 Å². The number of nitrogens with zero attached hydrogens (tertiary/aromatic N) is 1. The van der Waals surface area contributed by atoms with Gasteiger partial charge in [0.05, 0.1) is 11.6 Å². The molecular formula is C23H23N3O5S. The zero-order valence-electron chi connectivity index (χ0n) is 17.3. The Morgan fingerprint density at radius 1 is 1.16 bits per heavy atom. The topological polar surface area (TPSA) is 97.0 Å². The molecule has 3 aliphatic heterocycles. The van der Waals surface area contributed by atoms with Crippen molar-refractivity contribution in [1.82, 2.24) is 10.2 Å². The summed E-state index contributed by atoms with van der Waals surface area (Å²) in [4.78, 5) is 41.0. The van der Waals surface area contributed by atoms with E-state index in [1.807, 2.05) is 42.5 Å². The molecule has 32 heavy (non-hydrogen) atoms. The lowest BCUT2D eigenvalue weighted by molar-refractivity contribution is -0.137. The number of rotatable bonds is 4. The summed E-state index contributed by atoms with van der Waals surface area (Å²) in [6.45, 7) is 1.45. The van der Waals surface area contributed by atoms with E-state index in [4.69, 9.17) is 9.47 Å². The van der Waals surface area contributed by atoms with Crippen LogP contribution in [-0.2, 0) is 20.9 Å². The first-order chi connectivity index (χ1) is 15.6. The number of thioether (sulfide) groups is 1. The molecule has 5 rings (SSSR count). The second-order valence-electron chi connectivity index (χ2n) is 8.01. The van der Waals surface area contributed by atoms with Crippen molar-refractivity contribution in [3.8, 4) is 11.5 Å². The molecular weight excluding hydrogens is 430 g/mol. The van der Waals surface area contributed by atoms with Gasteiger partial charge in [-0.1, -0.05) is 18.2 Å². The fourth-order valence-electron chi connectivity index (χ4n) is 4.16. The fraction of sp³-hybridized carbons (Fsp3) is 0.348. The maximum atomic E-state index is 13.1. The van der Waals surface area contributed by atoms with Crippen LogP contribution in [0.5, 0.6) is 11.5 Å². The number of amides is 3. The number of hydrogen-bond donors (Lipinski definition) is 2. The fourth-order valence-corrected chi connectivity index (χ4v) is 5.23. The predicted octanol–water partition coefficient (Wildman–Crippen LogP) is 2.38. The normalized spacial score (nSPS) is 21.5. The van der Waals surface area contributed by atoms with Gasteiger partial charge in [0, 0.05) is 24.5 Å². The summed E-state index contributed by atoms with van der Waals surface area (Å²) in [5.41, 5.74) is 1.64. The smallest absolute Gasteiger partial charge is 0.247 e. The highest BCUT2D eigenvalue weighted by molar-refractivity contribution is 8.01. The molecule has 3 aliphatic rings. The molecule has 2 aromatic carbocycles. The molecule has 0 bridgehead atoms. The molecule has 0 saturated carbocycles. The Morgan fingerprint density at radius 3 is 2.91 bits per heavy atom. The van der Waals surface area contributed by atoms with E-state index in [2.05, 4.69) is 10.6 Å². The van der Waals surface area contributed by atoms with E-state index in [-0.39, 0.29) is 30.4 Å². The van der Waals surface area contributed by atoms with Gasteiger partial charge in [0.1, 0.15) is 0 Å². The highest BCUT2D eigenvalue weighted by atomic mass is 32.2. The SMILES string of the molecule is O=C(NCc1ccc2c(c1)OCO2)[C@@H]1CCCN(C(=O)[C@H]2Sc3ccccc3NC2=O)C1. The van der Waals surface area contributed by atoms with Crippen LogP contribution in [0.4, 0.5) is 5.69 Å². The van der Waals surface area contributed by atoms with E-state index in [9.17, 15) is 14.4 Å². The number of piperidine rings is 1. The van der Waals surface area contributed by atoms with Gasteiger partial charge < -0.3 is 25.0 Å². The summed E-state index contributed by atoms with van der Waals surface area (Å²) in [6, 6.07) is 13.0. The molecule has 0 radical (unpaired) electrons. The van der Waals surface area contributed by atoms with E-state index >= 15 is 0 Å². The number of fused-ring (bicyclic) bond motifs is 2. The van der Waals surface area contributed by atoms with Crippen LogP contribution in [0.1, 0.15) is 18.4 Å². The summed E-state index contributed by atoms with van der Waals surface area (Å²) >= 11 is 1.27. The van der Waals surface area contributed by atoms with Crippen LogP contribution in [0, 0.1) is 5.92 Å². The van der Waals surface area contributed by atoms with E-state index in [1.165, 1.54) is 11.8 Å². The Bertz CT molecular complexity index is 1080. The van der Waals surface area contributed by atoms with Crippen molar-refractivity contribution in [2.75, 3.05) is 25.2 Å². The van der Waals surface area contributed by atoms with Gasteiger partial charge in [0.15, 0.2) is 16.7 Å². The van der Waals surface area contributed by atoms with E-state index < -0.39 is 5.25 Å². The number of carbonyl (C=O) groups excluding carboxylic acids is 3. The van der Waals surface area contributed by atoms with Crippen LogP contribution in [0.2, 0.25) is 0 Å². The molecule has 2 aromatic rings. The summed E-state index contributed by atoms with van der Waals surface area (Å²) in [5.74, 6) is 0.435. The minimum Gasteiger partial charge on any atom is -0.454 e. The molecule has 1 fully saturated rings. The monoisotopic (exact) mass is 453 g/mol. The van der Waals surface area contributed by atoms with Crippen LogP contribution < -0.4 is 20.1 Å². The van der Waals surface area contributed by atoms with Crippen molar-refractivity contribution in [2.45, 2.75) is 29.5 Å². The van der Waals surface area contributed by atoms with Crippen LogP contribution in [0.25, 0.3) is 0 Å². The average molecular weight is 454 g/mol. The van der Waals surface area contributed by atoms with Gasteiger partial charge in [-0.2, -0.15) is 0 Å². The lowest BCUT2D eigenvalue weighted by Crippen LogP contribution is -2.50. The first-order valence-corrected chi connectivity index (χ1v) is 11.5. The van der Waals surface area contributed by atoms with Gasteiger partial charge in [-0.3, -0.25) is 14.4 Å². The zero-order chi connectivity index (χ0) is 22.1. The molecule has 8 nitrogen and oxygen atoms in total. The Labute approximate surface area is 189 Å². The number of carbonyl (C=O) groups is 3. The minimum atomic E-state index is -0.833. The van der Waals surface area contributed by atoms with Gasteiger partial charge >= 0.3 is 0 Å². The van der Waals surface area contributed by atoms with Crippen molar-refractivity contribution < 1.29 is 23.9 Å². The number of benzene rings is 2. The first-order valence-electron chi connectivity index (χ1n) is 10.6. The largest absolute Gasteiger partial charge is 0.454 e. The number of anilines is 1. The third-order valence-electron chi connectivity index (χ3n) is 5.86. The number of likely N-dealkylation sites (tertiary alicyclic amines) is 1. The third kappa shape index (κ3) is 4.12. The predicted molar refractivity (Wildman–Crippen MR) is 118 cm³/mol. The molecule has 2 atom stereocenters. The Balaban J connectivity index is 1.19. The van der Waals surface area contributed by atoms with E-state index in [0.717, 1.165) is 22.6 Å². The highest BCUT2D eigenvalue weighted by Gasteiger charge is 2.38. The van der Waals surface area contributed by atoms with Crippen molar-refractivity contribution in [3.05, 3.63) is 48.0 Å². The molecule has 3 amide bonds. The van der Waals surface area contributed by atoms with Crippen molar-refractivity contribution >= 4 is 35.2 Å². The molecule has 166 valence electrons. The van der Waals surface area contributed by atoms with Crippen LogP contribution in [0.3, 0.4) is 0 Å². The van der Waals surface area contributed by atoms with Gasteiger partial charge in [0.25, 0.3) is 0 Å². The number of hydrogen-bond acceptors (Lipinski definition) is 6. The molecule has 9 heteroatoms. The average Bonchev–Trinajstić information content (AvgIpc) is 3.29. The molecule has 0 spiro atoms. The number of nitrogens with one attached hydrogen (secondary N) is 2. The highest BCUT2D eigenvalue weighted by Crippen LogP contribution is 2.36. The number of para-hydroxylation sites is 1. The van der Waals surface area contributed by atoms with Crippen LogP contribution >= 0.6 is 11.8 Å². The maximum Gasteiger partial charge on any atom is 0.247 e. The number of ether oxygens (including phenoxy) is 2. The van der Waals surface area contributed by atoms with Gasteiger partial charge in [-0.15, -0.1) is 11.8 Å². The molecule has 1 saturated heterocycles. The van der Waals surface area contributed by atoms with Crippen molar-refractivity contribution in [3.63, 3.8) is 0 Å².